The summed E-state index contributed by atoms with van der Waals surface area (Å²) in [5.74, 6) is 0.795. The minimum absolute atomic E-state index is 0.0231. The quantitative estimate of drug-likeness (QED) is 0.804. The Balaban J connectivity index is 1.90. The normalized spacial score (nSPS) is 28.8. The highest BCUT2D eigenvalue weighted by atomic mass is 16.5. The number of nitrogens with zero attached hydrogens (tertiary/aromatic N) is 2. The zero-order valence-electron chi connectivity index (χ0n) is 9.80. The first kappa shape index (κ1) is 11.4. The molecule has 0 spiro atoms. The van der Waals surface area contributed by atoms with Gasteiger partial charge in [0.25, 0.3) is 0 Å². The summed E-state index contributed by atoms with van der Waals surface area (Å²) in [6, 6.07) is 0.103. The van der Waals surface area contributed by atoms with Crippen molar-refractivity contribution in [3.05, 3.63) is 12.4 Å². The van der Waals surface area contributed by atoms with Crippen LogP contribution in [0, 0.1) is 0 Å². The van der Waals surface area contributed by atoms with Gasteiger partial charge in [0.05, 0.1) is 12.4 Å². The summed E-state index contributed by atoms with van der Waals surface area (Å²) in [4.78, 5) is 0. The van der Waals surface area contributed by atoms with Crippen LogP contribution in [0.25, 0.3) is 0 Å². The summed E-state index contributed by atoms with van der Waals surface area (Å²) < 4.78 is 13.1. The van der Waals surface area contributed by atoms with Gasteiger partial charge in [-0.1, -0.05) is 0 Å². The highest BCUT2D eigenvalue weighted by Crippen LogP contribution is 2.27. The van der Waals surface area contributed by atoms with Crippen molar-refractivity contribution >= 4 is 0 Å². The third-order valence-corrected chi connectivity index (χ3v) is 2.87. The van der Waals surface area contributed by atoms with Crippen molar-refractivity contribution in [2.75, 3.05) is 6.61 Å². The average molecular weight is 225 g/mol. The van der Waals surface area contributed by atoms with Crippen molar-refractivity contribution in [2.45, 2.75) is 45.1 Å². The number of nitrogens with two attached hydrogens (primary N) is 1. The van der Waals surface area contributed by atoms with Gasteiger partial charge in [0.1, 0.15) is 12.2 Å². The molecule has 1 aromatic rings. The van der Waals surface area contributed by atoms with E-state index in [0.29, 0.717) is 6.61 Å². The van der Waals surface area contributed by atoms with Gasteiger partial charge in [0.15, 0.2) is 5.75 Å². The van der Waals surface area contributed by atoms with Gasteiger partial charge in [-0.05, 0) is 13.8 Å². The van der Waals surface area contributed by atoms with E-state index in [1.807, 2.05) is 24.7 Å². The lowest BCUT2D eigenvalue weighted by Crippen LogP contribution is -2.59. The van der Waals surface area contributed by atoms with Crippen molar-refractivity contribution in [3.8, 4) is 5.75 Å². The van der Waals surface area contributed by atoms with E-state index in [-0.39, 0.29) is 18.2 Å². The molecular formula is C11H19N3O2. The number of ether oxygens (including phenoxy) is 2. The van der Waals surface area contributed by atoms with E-state index in [4.69, 9.17) is 15.2 Å². The van der Waals surface area contributed by atoms with E-state index < -0.39 is 0 Å². The Morgan fingerprint density at radius 2 is 2.38 bits per heavy atom. The lowest BCUT2D eigenvalue weighted by Gasteiger charge is -2.41. The van der Waals surface area contributed by atoms with Crippen LogP contribution in [0.1, 0.15) is 20.3 Å². The molecule has 2 rings (SSSR count). The summed E-state index contributed by atoms with van der Waals surface area (Å²) in [7, 11) is 0. The van der Waals surface area contributed by atoms with Gasteiger partial charge in [0, 0.05) is 25.6 Å². The van der Waals surface area contributed by atoms with Gasteiger partial charge in [-0.15, -0.1) is 0 Å². The van der Waals surface area contributed by atoms with Crippen LogP contribution in [0.15, 0.2) is 12.4 Å². The number of rotatable bonds is 5. The molecule has 90 valence electrons. The molecule has 3 atom stereocenters. The molecule has 0 bridgehead atoms. The molecule has 0 aromatic carbocycles. The molecule has 1 heterocycles. The highest BCUT2D eigenvalue weighted by molar-refractivity contribution is 5.14. The summed E-state index contributed by atoms with van der Waals surface area (Å²) in [6.07, 6.45) is 4.57. The molecule has 1 aliphatic carbocycles. The Bertz CT molecular complexity index is 340. The maximum Gasteiger partial charge on any atom is 0.157 e. The minimum Gasteiger partial charge on any atom is -0.484 e. The summed E-state index contributed by atoms with van der Waals surface area (Å²) in [6.45, 7) is 5.53. The van der Waals surface area contributed by atoms with Crippen LogP contribution in [0.2, 0.25) is 0 Å². The second-order valence-electron chi connectivity index (χ2n) is 4.01. The Labute approximate surface area is 95.5 Å². The maximum atomic E-state index is 5.86. The fourth-order valence-corrected chi connectivity index (χ4v) is 1.91. The highest BCUT2D eigenvalue weighted by Gasteiger charge is 2.41. The van der Waals surface area contributed by atoms with Crippen LogP contribution in [-0.4, -0.2) is 34.6 Å². The summed E-state index contributed by atoms with van der Waals surface area (Å²) in [5, 5.41) is 4.16. The van der Waals surface area contributed by atoms with Crippen molar-refractivity contribution in [1.82, 2.24) is 9.78 Å². The number of hydrogen-bond donors (Lipinski definition) is 1. The fraction of sp³-hybridized carbons (Fsp3) is 0.727. The van der Waals surface area contributed by atoms with E-state index >= 15 is 0 Å². The largest absolute Gasteiger partial charge is 0.484 e. The van der Waals surface area contributed by atoms with Gasteiger partial charge in [0.2, 0.25) is 0 Å². The molecule has 0 aliphatic heterocycles. The number of aromatic nitrogens is 2. The molecule has 1 aliphatic rings. The lowest BCUT2D eigenvalue weighted by atomic mass is 9.86. The monoisotopic (exact) mass is 225 g/mol. The molecule has 0 radical (unpaired) electrons. The molecule has 0 amide bonds. The van der Waals surface area contributed by atoms with Gasteiger partial charge >= 0.3 is 0 Å². The fourth-order valence-electron chi connectivity index (χ4n) is 1.91. The second-order valence-corrected chi connectivity index (χ2v) is 4.01. The topological polar surface area (TPSA) is 62.3 Å². The Morgan fingerprint density at radius 1 is 1.56 bits per heavy atom. The Hall–Kier alpha value is -1.07. The van der Waals surface area contributed by atoms with E-state index in [2.05, 4.69) is 5.10 Å². The standard InChI is InChI=1S/C11H19N3O2/c1-3-14-7-8(6-13-14)16-10-5-9(12)11(10)15-4-2/h6-7,9-11H,3-5,12H2,1-2H3. The van der Waals surface area contributed by atoms with E-state index in [9.17, 15) is 0 Å². The van der Waals surface area contributed by atoms with E-state index in [0.717, 1.165) is 18.7 Å². The minimum atomic E-state index is 0.0231. The molecule has 5 nitrogen and oxygen atoms in total. The van der Waals surface area contributed by atoms with E-state index in [1.54, 1.807) is 6.20 Å². The zero-order chi connectivity index (χ0) is 11.5. The van der Waals surface area contributed by atoms with Crippen LogP contribution >= 0.6 is 0 Å². The molecule has 16 heavy (non-hydrogen) atoms. The predicted octanol–water partition coefficient (Wildman–Crippen LogP) is 0.786. The molecule has 1 saturated carbocycles. The van der Waals surface area contributed by atoms with Crippen molar-refractivity contribution in [1.29, 1.82) is 0 Å². The number of aryl methyl sites for hydroxylation is 1. The van der Waals surface area contributed by atoms with Crippen LogP contribution in [-0.2, 0) is 11.3 Å². The lowest BCUT2D eigenvalue weighted by molar-refractivity contribution is -0.0945. The van der Waals surface area contributed by atoms with Gasteiger partial charge in [-0.2, -0.15) is 5.10 Å². The van der Waals surface area contributed by atoms with Crippen molar-refractivity contribution < 1.29 is 9.47 Å². The predicted molar refractivity (Wildman–Crippen MR) is 60.3 cm³/mol. The van der Waals surface area contributed by atoms with Gasteiger partial charge in [-0.3, -0.25) is 4.68 Å². The molecule has 1 fully saturated rings. The summed E-state index contributed by atoms with van der Waals surface area (Å²) in [5.41, 5.74) is 5.86. The van der Waals surface area contributed by atoms with Crippen LogP contribution in [0.3, 0.4) is 0 Å². The summed E-state index contributed by atoms with van der Waals surface area (Å²) >= 11 is 0. The van der Waals surface area contributed by atoms with Crippen molar-refractivity contribution in [3.63, 3.8) is 0 Å². The second kappa shape index (κ2) is 4.84. The van der Waals surface area contributed by atoms with Gasteiger partial charge < -0.3 is 15.2 Å². The smallest absolute Gasteiger partial charge is 0.157 e. The van der Waals surface area contributed by atoms with Gasteiger partial charge in [-0.25, -0.2) is 0 Å². The van der Waals surface area contributed by atoms with Crippen LogP contribution in [0.5, 0.6) is 5.75 Å². The first-order valence-corrected chi connectivity index (χ1v) is 5.80. The Kier molecular flexibility index (Phi) is 3.46. The molecule has 0 saturated heterocycles. The van der Waals surface area contributed by atoms with E-state index in [1.165, 1.54) is 0 Å². The molecule has 2 N–H and O–H groups in total. The third kappa shape index (κ3) is 2.20. The Morgan fingerprint density at radius 3 is 2.94 bits per heavy atom. The molecule has 3 unspecified atom stereocenters. The average Bonchev–Trinajstić information content (AvgIpc) is 2.73. The zero-order valence-corrected chi connectivity index (χ0v) is 9.80. The van der Waals surface area contributed by atoms with Crippen LogP contribution < -0.4 is 10.5 Å². The first-order valence-electron chi connectivity index (χ1n) is 5.80. The third-order valence-electron chi connectivity index (χ3n) is 2.87. The molecule has 1 aromatic heterocycles. The van der Waals surface area contributed by atoms with Crippen LogP contribution in [0.4, 0.5) is 0 Å². The SMILES string of the molecule is CCOC1C(N)CC1Oc1cnn(CC)c1. The first-order chi connectivity index (χ1) is 7.74. The number of hydrogen-bond acceptors (Lipinski definition) is 4. The molecule has 5 heteroatoms. The van der Waals surface area contributed by atoms with Crippen molar-refractivity contribution in [2.24, 2.45) is 5.73 Å². The molecular weight excluding hydrogens is 206 g/mol. The maximum absolute atomic E-state index is 5.86.